The Kier molecular flexibility index (Phi) is 4.55. The number of anilines is 1. The molecule has 1 aromatic rings. The number of nitrogens with zero attached hydrogens (tertiary/aromatic N) is 1. The average molecular weight is 260 g/mol. The van der Waals surface area contributed by atoms with Crippen molar-refractivity contribution in [3.63, 3.8) is 0 Å². The molecule has 4 heteroatoms. The molecule has 0 bridgehead atoms. The lowest BCUT2D eigenvalue weighted by molar-refractivity contribution is -0.116. The first kappa shape index (κ1) is 13.6. The van der Waals surface area contributed by atoms with E-state index < -0.39 is 0 Å². The fourth-order valence-corrected chi connectivity index (χ4v) is 2.31. The molecule has 1 heterocycles. The van der Waals surface area contributed by atoms with Gasteiger partial charge in [0.2, 0.25) is 5.91 Å². The number of nitrogens with one attached hydrogen (secondary N) is 1. The van der Waals surface area contributed by atoms with E-state index in [-0.39, 0.29) is 11.8 Å². The van der Waals surface area contributed by atoms with Crippen LogP contribution in [0.15, 0.2) is 24.3 Å². The van der Waals surface area contributed by atoms with Crippen molar-refractivity contribution in [2.45, 2.75) is 32.6 Å². The molecule has 1 aliphatic rings. The van der Waals surface area contributed by atoms with Gasteiger partial charge in [0.05, 0.1) is 11.3 Å². The van der Waals surface area contributed by atoms with E-state index in [0.717, 1.165) is 32.4 Å². The molecule has 1 N–H and O–H groups in total. The van der Waals surface area contributed by atoms with Gasteiger partial charge in [0.25, 0.3) is 5.91 Å². The largest absolute Gasteiger partial charge is 0.339 e. The Hall–Kier alpha value is -1.84. The normalized spacial score (nSPS) is 14.5. The van der Waals surface area contributed by atoms with Gasteiger partial charge in [-0.2, -0.15) is 0 Å². The van der Waals surface area contributed by atoms with Crippen LogP contribution in [0.3, 0.4) is 0 Å². The van der Waals surface area contributed by atoms with E-state index in [4.69, 9.17) is 0 Å². The predicted molar refractivity (Wildman–Crippen MR) is 75.1 cm³/mol. The average Bonchev–Trinajstić information content (AvgIpc) is 2.93. The Labute approximate surface area is 113 Å². The lowest BCUT2D eigenvalue weighted by Crippen LogP contribution is -2.28. The number of para-hydroxylation sites is 1. The highest BCUT2D eigenvalue weighted by Crippen LogP contribution is 2.20. The Morgan fingerprint density at radius 1 is 1.21 bits per heavy atom. The van der Waals surface area contributed by atoms with Crippen molar-refractivity contribution in [2.24, 2.45) is 0 Å². The Morgan fingerprint density at radius 2 is 1.89 bits per heavy atom. The fraction of sp³-hybridized carbons (Fsp3) is 0.467. The SMILES string of the molecule is CCCC(=O)Nc1ccccc1C(=O)N1CCCC1. The van der Waals surface area contributed by atoms with Crippen LogP contribution in [0, 0.1) is 0 Å². The van der Waals surface area contributed by atoms with Crippen LogP contribution >= 0.6 is 0 Å². The molecule has 0 aromatic heterocycles. The van der Waals surface area contributed by atoms with E-state index in [9.17, 15) is 9.59 Å². The third kappa shape index (κ3) is 3.34. The van der Waals surface area contributed by atoms with E-state index in [1.165, 1.54) is 0 Å². The van der Waals surface area contributed by atoms with Crippen LogP contribution in [-0.4, -0.2) is 29.8 Å². The first-order valence-corrected chi connectivity index (χ1v) is 6.90. The minimum Gasteiger partial charge on any atom is -0.339 e. The number of carbonyl (C=O) groups is 2. The van der Waals surface area contributed by atoms with Crippen LogP contribution in [-0.2, 0) is 4.79 Å². The monoisotopic (exact) mass is 260 g/mol. The zero-order chi connectivity index (χ0) is 13.7. The van der Waals surface area contributed by atoms with Crippen molar-refractivity contribution >= 4 is 17.5 Å². The summed E-state index contributed by atoms with van der Waals surface area (Å²) >= 11 is 0. The van der Waals surface area contributed by atoms with Crippen molar-refractivity contribution in [3.8, 4) is 0 Å². The first-order valence-electron chi connectivity index (χ1n) is 6.90. The number of benzene rings is 1. The summed E-state index contributed by atoms with van der Waals surface area (Å²) in [5.74, 6) is -0.0194. The van der Waals surface area contributed by atoms with Gasteiger partial charge in [-0.3, -0.25) is 9.59 Å². The molecular weight excluding hydrogens is 240 g/mol. The highest BCUT2D eigenvalue weighted by atomic mass is 16.2. The summed E-state index contributed by atoms with van der Waals surface area (Å²) in [6, 6.07) is 7.24. The van der Waals surface area contributed by atoms with Crippen LogP contribution in [0.2, 0.25) is 0 Å². The smallest absolute Gasteiger partial charge is 0.255 e. The maximum Gasteiger partial charge on any atom is 0.255 e. The topological polar surface area (TPSA) is 49.4 Å². The quantitative estimate of drug-likeness (QED) is 0.904. The van der Waals surface area contributed by atoms with Crippen molar-refractivity contribution in [3.05, 3.63) is 29.8 Å². The van der Waals surface area contributed by atoms with E-state index in [0.29, 0.717) is 17.7 Å². The van der Waals surface area contributed by atoms with Gasteiger partial charge in [0.1, 0.15) is 0 Å². The maximum absolute atomic E-state index is 12.4. The van der Waals surface area contributed by atoms with Gasteiger partial charge in [0, 0.05) is 19.5 Å². The molecule has 0 spiro atoms. The second-order valence-corrected chi connectivity index (χ2v) is 4.84. The zero-order valence-electron chi connectivity index (χ0n) is 11.3. The Balaban J connectivity index is 2.15. The third-order valence-electron chi connectivity index (χ3n) is 3.30. The molecule has 19 heavy (non-hydrogen) atoms. The maximum atomic E-state index is 12.4. The van der Waals surface area contributed by atoms with Crippen molar-refractivity contribution < 1.29 is 9.59 Å². The molecule has 1 fully saturated rings. The van der Waals surface area contributed by atoms with Crippen LogP contribution in [0.4, 0.5) is 5.69 Å². The lowest BCUT2D eigenvalue weighted by atomic mass is 10.1. The van der Waals surface area contributed by atoms with E-state index in [2.05, 4.69) is 5.32 Å². The highest BCUT2D eigenvalue weighted by Gasteiger charge is 2.21. The molecule has 1 aromatic carbocycles. The van der Waals surface area contributed by atoms with Crippen LogP contribution in [0.1, 0.15) is 43.0 Å². The second kappa shape index (κ2) is 6.36. The van der Waals surface area contributed by atoms with Crippen molar-refractivity contribution in [1.82, 2.24) is 4.90 Å². The molecule has 0 radical (unpaired) electrons. The summed E-state index contributed by atoms with van der Waals surface area (Å²) in [6.07, 6.45) is 3.41. The molecule has 0 saturated carbocycles. The van der Waals surface area contributed by atoms with Gasteiger partial charge in [-0.05, 0) is 31.4 Å². The van der Waals surface area contributed by atoms with E-state index >= 15 is 0 Å². The van der Waals surface area contributed by atoms with Gasteiger partial charge in [-0.1, -0.05) is 19.1 Å². The standard InChI is InChI=1S/C15H20N2O2/c1-2-7-14(18)16-13-9-4-3-8-12(13)15(19)17-10-5-6-11-17/h3-4,8-9H,2,5-7,10-11H2,1H3,(H,16,18). The van der Waals surface area contributed by atoms with Crippen LogP contribution in [0.5, 0.6) is 0 Å². The minimum atomic E-state index is -0.0378. The van der Waals surface area contributed by atoms with Crippen molar-refractivity contribution in [2.75, 3.05) is 18.4 Å². The number of carbonyl (C=O) groups excluding carboxylic acids is 2. The fourth-order valence-electron chi connectivity index (χ4n) is 2.31. The molecule has 0 atom stereocenters. The number of likely N-dealkylation sites (tertiary alicyclic amines) is 1. The number of rotatable bonds is 4. The minimum absolute atomic E-state index is 0.0184. The number of hydrogen-bond acceptors (Lipinski definition) is 2. The van der Waals surface area contributed by atoms with E-state index in [1.807, 2.05) is 24.0 Å². The molecule has 1 saturated heterocycles. The third-order valence-corrected chi connectivity index (χ3v) is 3.30. The Bertz CT molecular complexity index is 465. The number of amides is 2. The molecule has 2 rings (SSSR count). The summed E-state index contributed by atoms with van der Waals surface area (Å²) in [4.78, 5) is 25.9. The molecule has 102 valence electrons. The predicted octanol–water partition coefficient (Wildman–Crippen LogP) is 2.66. The van der Waals surface area contributed by atoms with Crippen LogP contribution in [0.25, 0.3) is 0 Å². The molecular formula is C15H20N2O2. The van der Waals surface area contributed by atoms with Crippen molar-refractivity contribution in [1.29, 1.82) is 0 Å². The zero-order valence-corrected chi connectivity index (χ0v) is 11.3. The molecule has 2 amide bonds. The van der Waals surface area contributed by atoms with Gasteiger partial charge in [-0.15, -0.1) is 0 Å². The highest BCUT2D eigenvalue weighted by molar-refractivity contribution is 6.03. The summed E-state index contributed by atoms with van der Waals surface area (Å²) < 4.78 is 0. The van der Waals surface area contributed by atoms with E-state index in [1.54, 1.807) is 12.1 Å². The molecule has 1 aliphatic heterocycles. The summed E-state index contributed by atoms with van der Waals surface area (Å²) in [5.41, 5.74) is 1.21. The van der Waals surface area contributed by atoms with Gasteiger partial charge in [-0.25, -0.2) is 0 Å². The van der Waals surface area contributed by atoms with Crippen LogP contribution < -0.4 is 5.32 Å². The summed E-state index contributed by atoms with van der Waals surface area (Å²) in [7, 11) is 0. The van der Waals surface area contributed by atoms with Gasteiger partial charge in [0.15, 0.2) is 0 Å². The second-order valence-electron chi connectivity index (χ2n) is 4.84. The van der Waals surface area contributed by atoms with Gasteiger partial charge < -0.3 is 10.2 Å². The number of hydrogen-bond donors (Lipinski definition) is 1. The molecule has 4 nitrogen and oxygen atoms in total. The summed E-state index contributed by atoms with van der Waals surface area (Å²) in [6.45, 7) is 3.59. The first-order chi connectivity index (χ1) is 9.22. The Morgan fingerprint density at radius 3 is 2.58 bits per heavy atom. The lowest BCUT2D eigenvalue weighted by Gasteiger charge is -2.17. The molecule has 0 unspecified atom stereocenters. The summed E-state index contributed by atoms with van der Waals surface area (Å²) in [5, 5.41) is 2.83. The molecule has 0 aliphatic carbocycles. The van der Waals surface area contributed by atoms with Gasteiger partial charge >= 0.3 is 0 Å².